The average molecular weight is 398 g/mol. The van der Waals surface area contributed by atoms with Crippen molar-refractivity contribution in [1.82, 2.24) is 4.98 Å². The van der Waals surface area contributed by atoms with E-state index >= 15 is 0 Å². The molecule has 2 aromatic carbocycles. The lowest BCUT2D eigenvalue weighted by Crippen LogP contribution is -2.83. The molecule has 2 nitrogen and oxygen atoms in total. The zero-order chi connectivity index (χ0) is 17.8. The molecule has 2 heterocycles. The molecule has 4 rings (SSSR count). The molecule has 0 bridgehead atoms. The van der Waals surface area contributed by atoms with Crippen LogP contribution < -0.4 is 5.32 Å². The molecule has 2 aromatic heterocycles. The van der Waals surface area contributed by atoms with Gasteiger partial charge in [0.05, 0.1) is 4.88 Å². The Balaban J connectivity index is 1.51. The van der Waals surface area contributed by atoms with Gasteiger partial charge in [0.2, 0.25) is 0 Å². The predicted molar refractivity (Wildman–Crippen MR) is 111 cm³/mol. The van der Waals surface area contributed by atoms with Crippen molar-refractivity contribution in [2.45, 2.75) is 12.6 Å². The standard InChI is InChI=1S/C21H17ClN2S2/c22-17-10-8-16(9-11-17)21-24-18(14-26-21)13-23-20(19-7-4-12-25-19)15-5-2-1-3-6-15/h1-12,14,20,23H,13H2/p+1/t20-/m0/s1. The van der Waals surface area contributed by atoms with E-state index in [1.807, 2.05) is 24.3 Å². The molecule has 5 heteroatoms. The van der Waals surface area contributed by atoms with Gasteiger partial charge < -0.3 is 5.32 Å². The summed E-state index contributed by atoms with van der Waals surface area (Å²) in [5.41, 5.74) is 3.55. The lowest BCUT2D eigenvalue weighted by molar-refractivity contribution is -0.702. The number of rotatable bonds is 6. The fourth-order valence-electron chi connectivity index (χ4n) is 2.91. The summed E-state index contributed by atoms with van der Waals surface area (Å²) in [6.45, 7) is 0.849. The second-order valence-electron chi connectivity index (χ2n) is 5.99. The molecular formula is C21H18ClN2S2+. The Bertz CT molecular complexity index is 947. The van der Waals surface area contributed by atoms with Crippen LogP contribution in [0.3, 0.4) is 0 Å². The van der Waals surface area contributed by atoms with Gasteiger partial charge in [-0.2, -0.15) is 0 Å². The Morgan fingerprint density at radius 2 is 1.73 bits per heavy atom. The van der Waals surface area contributed by atoms with Crippen LogP contribution in [-0.4, -0.2) is 4.98 Å². The molecule has 0 saturated carbocycles. The molecule has 0 radical (unpaired) electrons. The molecular weight excluding hydrogens is 380 g/mol. The molecule has 0 aliphatic carbocycles. The largest absolute Gasteiger partial charge is 0.331 e. The third-order valence-electron chi connectivity index (χ3n) is 4.21. The zero-order valence-corrected chi connectivity index (χ0v) is 16.4. The number of thiazole rings is 1. The van der Waals surface area contributed by atoms with Crippen LogP contribution in [0.5, 0.6) is 0 Å². The van der Waals surface area contributed by atoms with Gasteiger partial charge in [-0.1, -0.05) is 60.1 Å². The van der Waals surface area contributed by atoms with Crippen LogP contribution in [0.1, 0.15) is 22.2 Å². The third kappa shape index (κ3) is 4.05. The highest BCUT2D eigenvalue weighted by atomic mass is 35.5. The summed E-state index contributed by atoms with van der Waals surface area (Å²) in [5, 5.41) is 8.44. The van der Waals surface area contributed by atoms with E-state index in [0.717, 1.165) is 27.8 Å². The molecule has 0 saturated heterocycles. The van der Waals surface area contributed by atoms with Gasteiger partial charge in [0.15, 0.2) is 0 Å². The molecule has 0 amide bonds. The second-order valence-corrected chi connectivity index (χ2v) is 8.27. The van der Waals surface area contributed by atoms with Crippen LogP contribution >= 0.6 is 34.3 Å². The molecule has 0 aliphatic rings. The Morgan fingerprint density at radius 1 is 0.923 bits per heavy atom. The number of quaternary nitrogens is 1. The normalized spacial score (nSPS) is 12.2. The van der Waals surface area contributed by atoms with Gasteiger partial charge in [0.1, 0.15) is 23.3 Å². The highest BCUT2D eigenvalue weighted by Gasteiger charge is 2.19. The van der Waals surface area contributed by atoms with E-state index in [4.69, 9.17) is 16.6 Å². The van der Waals surface area contributed by atoms with Crippen molar-refractivity contribution in [3.63, 3.8) is 0 Å². The van der Waals surface area contributed by atoms with Crippen molar-refractivity contribution in [3.8, 4) is 10.6 Å². The van der Waals surface area contributed by atoms with E-state index in [-0.39, 0.29) is 0 Å². The Labute approximate surface area is 166 Å². The highest BCUT2D eigenvalue weighted by Crippen LogP contribution is 2.26. The number of nitrogens with zero attached hydrogens (tertiary/aromatic N) is 1. The maximum absolute atomic E-state index is 5.97. The van der Waals surface area contributed by atoms with Gasteiger partial charge in [0, 0.05) is 21.5 Å². The van der Waals surface area contributed by atoms with E-state index in [1.54, 1.807) is 22.7 Å². The van der Waals surface area contributed by atoms with Crippen molar-refractivity contribution < 1.29 is 5.32 Å². The Kier molecular flexibility index (Phi) is 5.46. The summed E-state index contributed by atoms with van der Waals surface area (Å²) in [6.07, 6.45) is 0. The number of hydrogen-bond acceptors (Lipinski definition) is 3. The lowest BCUT2D eigenvalue weighted by Gasteiger charge is -2.14. The lowest BCUT2D eigenvalue weighted by atomic mass is 10.1. The van der Waals surface area contributed by atoms with E-state index in [0.29, 0.717) is 6.04 Å². The molecule has 0 unspecified atom stereocenters. The van der Waals surface area contributed by atoms with Gasteiger partial charge in [-0.05, 0) is 23.6 Å². The summed E-state index contributed by atoms with van der Waals surface area (Å²) in [7, 11) is 0. The van der Waals surface area contributed by atoms with Crippen molar-refractivity contribution in [1.29, 1.82) is 0 Å². The molecule has 1 atom stereocenters. The molecule has 26 heavy (non-hydrogen) atoms. The average Bonchev–Trinajstić information content (AvgIpc) is 3.36. The van der Waals surface area contributed by atoms with Gasteiger partial charge in [-0.3, -0.25) is 0 Å². The summed E-state index contributed by atoms with van der Waals surface area (Å²) < 4.78 is 0. The van der Waals surface area contributed by atoms with E-state index in [2.05, 4.69) is 58.5 Å². The molecule has 0 aliphatic heterocycles. The first-order valence-corrected chi connectivity index (χ1v) is 10.6. The van der Waals surface area contributed by atoms with Crippen molar-refractivity contribution in [3.05, 3.63) is 98.6 Å². The highest BCUT2D eigenvalue weighted by molar-refractivity contribution is 7.13. The first-order valence-electron chi connectivity index (χ1n) is 8.41. The van der Waals surface area contributed by atoms with Crippen LogP contribution in [0.4, 0.5) is 0 Å². The second kappa shape index (κ2) is 8.14. The molecule has 0 spiro atoms. The maximum atomic E-state index is 5.97. The number of benzene rings is 2. The van der Waals surface area contributed by atoms with E-state index in [1.165, 1.54) is 10.4 Å². The minimum atomic E-state index is 0.303. The fraction of sp³-hybridized carbons (Fsp3) is 0.0952. The van der Waals surface area contributed by atoms with E-state index in [9.17, 15) is 0 Å². The number of aromatic nitrogens is 1. The zero-order valence-electron chi connectivity index (χ0n) is 14.0. The van der Waals surface area contributed by atoms with Gasteiger partial charge in [0.25, 0.3) is 0 Å². The SMILES string of the molecule is Clc1ccc(-c2nc(C[NH2+][C@@H](c3ccccc3)c3cccs3)cs2)cc1. The predicted octanol–water partition coefficient (Wildman–Crippen LogP) is 5.38. The van der Waals surface area contributed by atoms with Crippen molar-refractivity contribution >= 4 is 34.3 Å². The quantitative estimate of drug-likeness (QED) is 0.465. The summed E-state index contributed by atoms with van der Waals surface area (Å²) >= 11 is 9.46. The first kappa shape index (κ1) is 17.4. The smallest absolute Gasteiger partial charge is 0.147 e. The third-order valence-corrected chi connectivity index (χ3v) is 6.36. The number of hydrogen-bond donors (Lipinski definition) is 1. The number of halogens is 1. The van der Waals surface area contributed by atoms with Gasteiger partial charge in [-0.25, -0.2) is 4.98 Å². The fourth-order valence-corrected chi connectivity index (χ4v) is 4.72. The molecule has 0 fully saturated rings. The van der Waals surface area contributed by atoms with Crippen LogP contribution in [0.15, 0.2) is 77.5 Å². The van der Waals surface area contributed by atoms with Gasteiger partial charge >= 0.3 is 0 Å². The minimum absolute atomic E-state index is 0.303. The summed E-state index contributed by atoms with van der Waals surface area (Å²) in [5.74, 6) is 0. The van der Waals surface area contributed by atoms with Crippen LogP contribution in [0, 0.1) is 0 Å². The molecule has 130 valence electrons. The molecule has 2 N–H and O–H groups in total. The maximum Gasteiger partial charge on any atom is 0.147 e. The van der Waals surface area contributed by atoms with E-state index < -0.39 is 0 Å². The van der Waals surface area contributed by atoms with Crippen LogP contribution in [0.25, 0.3) is 10.6 Å². The topological polar surface area (TPSA) is 29.5 Å². The van der Waals surface area contributed by atoms with Crippen LogP contribution in [-0.2, 0) is 6.54 Å². The number of thiophene rings is 1. The van der Waals surface area contributed by atoms with Crippen molar-refractivity contribution in [2.75, 3.05) is 0 Å². The first-order chi connectivity index (χ1) is 12.8. The van der Waals surface area contributed by atoms with Crippen LogP contribution in [0.2, 0.25) is 5.02 Å². The summed E-state index contributed by atoms with van der Waals surface area (Å²) in [4.78, 5) is 6.17. The number of nitrogens with two attached hydrogens (primary N) is 1. The summed E-state index contributed by atoms with van der Waals surface area (Å²) in [6, 6.07) is 23.1. The Morgan fingerprint density at radius 3 is 2.46 bits per heavy atom. The minimum Gasteiger partial charge on any atom is -0.331 e. The van der Waals surface area contributed by atoms with Gasteiger partial charge in [-0.15, -0.1) is 22.7 Å². The Hall–Kier alpha value is -1.98. The monoisotopic (exact) mass is 397 g/mol. The molecule has 4 aromatic rings. The van der Waals surface area contributed by atoms with Crippen molar-refractivity contribution in [2.24, 2.45) is 0 Å².